The summed E-state index contributed by atoms with van der Waals surface area (Å²) in [6.07, 6.45) is 4.03. The van der Waals surface area contributed by atoms with Gasteiger partial charge >= 0.3 is 0 Å². The van der Waals surface area contributed by atoms with E-state index >= 15 is 0 Å². The van der Waals surface area contributed by atoms with Gasteiger partial charge in [-0.05, 0) is 127 Å². The fourth-order valence-corrected chi connectivity index (χ4v) is 8.51. The largest absolute Gasteiger partial charge is 0.309 e. The van der Waals surface area contributed by atoms with Crippen LogP contribution in [0, 0.1) is 0 Å². The quantitative estimate of drug-likeness (QED) is 0.202. The summed E-state index contributed by atoms with van der Waals surface area (Å²) in [5.41, 5.74) is 23.7. The second kappa shape index (κ2) is 8.36. The molecule has 1 nitrogen and oxygen atoms in total. The van der Waals surface area contributed by atoms with E-state index in [1.165, 1.54) is 105 Å². The first-order chi connectivity index (χ1) is 21.2. The second-order valence-corrected chi connectivity index (χ2v) is 12.7. The topological polar surface area (TPSA) is 4.93 Å². The fourth-order valence-electron chi connectivity index (χ4n) is 8.51. The van der Waals surface area contributed by atoms with Gasteiger partial charge in [-0.25, -0.2) is 0 Å². The van der Waals surface area contributed by atoms with E-state index in [0.717, 1.165) is 25.7 Å². The molecule has 1 aliphatic heterocycles. The second-order valence-electron chi connectivity index (χ2n) is 12.7. The van der Waals surface area contributed by atoms with Crippen molar-refractivity contribution in [1.82, 2.24) is 4.57 Å². The molecule has 1 heteroatoms. The first kappa shape index (κ1) is 23.7. The van der Waals surface area contributed by atoms with Crippen LogP contribution in [-0.4, -0.2) is 4.57 Å². The summed E-state index contributed by atoms with van der Waals surface area (Å²) in [6, 6.07) is 40.0. The van der Waals surface area contributed by atoms with Gasteiger partial charge in [-0.15, -0.1) is 0 Å². The fraction of sp³-hybridized carbons (Fsp3) is 0.143. The van der Waals surface area contributed by atoms with E-state index in [2.05, 4.69) is 122 Å². The lowest BCUT2D eigenvalue weighted by atomic mass is 9.87. The van der Waals surface area contributed by atoms with Crippen molar-refractivity contribution < 1.29 is 0 Å². The number of para-hydroxylation sites is 1. The lowest BCUT2D eigenvalue weighted by molar-refractivity contribution is 1.10. The Morgan fingerprint density at radius 3 is 2.00 bits per heavy atom. The number of fused-ring (bicyclic) bond motifs is 12. The molecule has 6 aromatic carbocycles. The highest BCUT2D eigenvalue weighted by atomic mass is 15.0. The lowest BCUT2D eigenvalue weighted by Crippen LogP contribution is -2.01. The number of rotatable bonds is 2. The molecule has 0 fully saturated rings. The first-order valence-corrected chi connectivity index (χ1v) is 15.8. The van der Waals surface area contributed by atoms with Gasteiger partial charge in [0.25, 0.3) is 0 Å². The van der Waals surface area contributed by atoms with E-state index in [9.17, 15) is 0 Å². The molecule has 2 aliphatic carbocycles. The molecule has 0 atom stereocenters. The highest BCUT2D eigenvalue weighted by molar-refractivity contribution is 6.14. The summed E-state index contributed by atoms with van der Waals surface area (Å²) in [5, 5.41) is 2.74. The molecule has 7 aromatic rings. The highest BCUT2D eigenvalue weighted by Gasteiger charge is 2.35. The Morgan fingerprint density at radius 1 is 0.535 bits per heavy atom. The van der Waals surface area contributed by atoms with Crippen molar-refractivity contribution in [3.05, 3.63) is 137 Å². The summed E-state index contributed by atoms with van der Waals surface area (Å²) in [7, 11) is 0. The van der Waals surface area contributed by atoms with E-state index in [0.29, 0.717) is 0 Å². The minimum Gasteiger partial charge on any atom is -0.309 e. The first-order valence-electron chi connectivity index (χ1n) is 15.8. The molecule has 0 amide bonds. The average Bonchev–Trinajstić information content (AvgIpc) is 3.74. The molecule has 204 valence electrons. The Labute approximate surface area is 252 Å². The number of benzene rings is 6. The molecule has 0 N–H and O–H groups in total. The van der Waals surface area contributed by atoms with Crippen molar-refractivity contribution in [2.24, 2.45) is 0 Å². The highest BCUT2D eigenvalue weighted by Crippen LogP contribution is 2.54. The molecule has 10 rings (SSSR count). The Hall–Kier alpha value is -4.88. The number of nitrogens with zero attached hydrogens (tertiary/aromatic N) is 1. The lowest BCUT2D eigenvalue weighted by Gasteiger charge is -2.19. The minimum atomic E-state index is 0.983. The Balaban J connectivity index is 1.44. The smallest absolute Gasteiger partial charge is 0.0582 e. The van der Waals surface area contributed by atoms with Crippen LogP contribution < -0.4 is 0 Å². The van der Waals surface area contributed by atoms with Crippen LogP contribution in [0.3, 0.4) is 0 Å². The maximum Gasteiger partial charge on any atom is 0.0582 e. The zero-order valence-corrected chi connectivity index (χ0v) is 24.6. The normalized spacial score (nSPS) is 13.3. The van der Waals surface area contributed by atoms with Gasteiger partial charge in [0.15, 0.2) is 0 Å². The van der Waals surface area contributed by atoms with Gasteiger partial charge in [-0.1, -0.05) is 86.6 Å². The molecule has 43 heavy (non-hydrogen) atoms. The van der Waals surface area contributed by atoms with Crippen molar-refractivity contribution in [2.75, 3.05) is 0 Å². The van der Waals surface area contributed by atoms with Gasteiger partial charge in [0, 0.05) is 22.9 Å². The van der Waals surface area contributed by atoms with Gasteiger partial charge in [-0.3, -0.25) is 0 Å². The maximum atomic E-state index is 2.59. The third-order valence-electron chi connectivity index (χ3n) is 10.4. The van der Waals surface area contributed by atoms with E-state index < -0.39 is 0 Å². The van der Waals surface area contributed by atoms with Gasteiger partial charge in [-0.2, -0.15) is 0 Å². The van der Waals surface area contributed by atoms with E-state index in [-0.39, 0.29) is 0 Å². The van der Waals surface area contributed by atoms with E-state index in [1.54, 1.807) is 0 Å². The predicted molar refractivity (Wildman–Crippen MR) is 180 cm³/mol. The summed E-state index contributed by atoms with van der Waals surface area (Å²) in [6.45, 7) is 4.56. The summed E-state index contributed by atoms with van der Waals surface area (Å²) in [4.78, 5) is 0. The van der Waals surface area contributed by atoms with Crippen LogP contribution in [0.5, 0.6) is 0 Å². The molecule has 1 aromatic heterocycles. The zero-order valence-electron chi connectivity index (χ0n) is 24.6. The van der Waals surface area contributed by atoms with Crippen LogP contribution in [0.25, 0.3) is 72.0 Å². The number of aromatic nitrogens is 1. The summed E-state index contributed by atoms with van der Waals surface area (Å²) < 4.78 is 2.59. The molecule has 6 bridgehead atoms. The summed E-state index contributed by atoms with van der Waals surface area (Å²) >= 11 is 0. The van der Waals surface area contributed by atoms with Gasteiger partial charge in [0.05, 0.1) is 11.0 Å². The summed E-state index contributed by atoms with van der Waals surface area (Å²) in [5.74, 6) is 0. The van der Waals surface area contributed by atoms with Crippen LogP contribution >= 0.6 is 0 Å². The van der Waals surface area contributed by atoms with E-state index in [4.69, 9.17) is 0 Å². The van der Waals surface area contributed by atoms with Crippen molar-refractivity contribution in [2.45, 2.75) is 39.5 Å². The van der Waals surface area contributed by atoms with Crippen molar-refractivity contribution >= 4 is 21.8 Å². The van der Waals surface area contributed by atoms with Crippen LogP contribution in [0.2, 0.25) is 0 Å². The predicted octanol–water partition coefficient (Wildman–Crippen LogP) is 10.7. The Morgan fingerprint density at radius 2 is 1.21 bits per heavy atom. The van der Waals surface area contributed by atoms with Gasteiger partial charge in [0.1, 0.15) is 0 Å². The molecule has 0 saturated heterocycles. The number of aryl methyl sites for hydroxylation is 2. The van der Waals surface area contributed by atoms with Crippen LogP contribution in [0.4, 0.5) is 0 Å². The molecule has 3 aliphatic rings. The van der Waals surface area contributed by atoms with E-state index in [1.807, 2.05) is 0 Å². The van der Waals surface area contributed by atoms with Crippen molar-refractivity contribution in [1.29, 1.82) is 0 Å². The van der Waals surface area contributed by atoms with Crippen LogP contribution in [0.1, 0.15) is 47.2 Å². The van der Waals surface area contributed by atoms with Crippen LogP contribution in [0.15, 0.2) is 103 Å². The van der Waals surface area contributed by atoms with Crippen molar-refractivity contribution in [3.63, 3.8) is 0 Å². The Bertz CT molecular complexity index is 2360. The number of hydrogen-bond acceptors (Lipinski definition) is 0. The van der Waals surface area contributed by atoms with Crippen LogP contribution in [-0.2, 0) is 25.7 Å². The van der Waals surface area contributed by atoms with Gasteiger partial charge < -0.3 is 4.57 Å². The SMILES string of the molecule is CCc1cc2cc(c1)-c1ccc3c4c1Cc1c-4c(cc4c5ccccc5n(c14)-c1cc(CC)cc(c1)-c1ccccc1-2)C3. The molecular weight excluding hydrogens is 518 g/mol. The molecule has 0 radical (unpaired) electrons. The Kier molecular flexibility index (Phi) is 4.60. The number of hydrogen-bond donors (Lipinski definition) is 0. The molecule has 0 spiro atoms. The third-order valence-corrected chi connectivity index (χ3v) is 10.4. The third kappa shape index (κ3) is 3.07. The molecule has 0 saturated carbocycles. The zero-order chi connectivity index (χ0) is 28.4. The standard InChI is InChI=1S/C42H31N/c1-3-24-15-27-20-28(16-24)34-14-13-26-19-30-22-37-35-11-7-8-12-39(35)43(42(37)38-23-36(34)40(26)41(30)38)31-18-25(4-2)17-29(21-31)33-10-6-5-9-32(27)33/h5-18,20-22H,3-4,19,23H2,1-2H3. The molecule has 0 unspecified atom stereocenters. The molecule has 2 heterocycles. The average molecular weight is 550 g/mol. The van der Waals surface area contributed by atoms with Gasteiger partial charge in [0.2, 0.25) is 0 Å². The van der Waals surface area contributed by atoms with Crippen molar-refractivity contribution in [3.8, 4) is 50.2 Å². The molecular formula is C42H31N. The monoisotopic (exact) mass is 549 g/mol. The maximum absolute atomic E-state index is 2.59. The minimum absolute atomic E-state index is 0.983.